The second-order valence-corrected chi connectivity index (χ2v) is 5.37. The minimum Gasteiger partial charge on any atom is -0.207 e. The summed E-state index contributed by atoms with van der Waals surface area (Å²) in [7, 11) is 0. The zero-order valence-corrected chi connectivity index (χ0v) is 11.1. The molecule has 0 unspecified atom stereocenters. The van der Waals surface area contributed by atoms with Gasteiger partial charge in [-0.15, -0.1) is 0 Å². The van der Waals surface area contributed by atoms with Crippen LogP contribution >= 0.6 is 11.8 Å². The van der Waals surface area contributed by atoms with Crippen molar-refractivity contribution in [2.45, 2.75) is 30.6 Å². The maximum absolute atomic E-state index is 12.8. The van der Waals surface area contributed by atoms with Crippen LogP contribution in [0.2, 0.25) is 0 Å². The number of rotatable bonds is 2. The Morgan fingerprint density at radius 1 is 0.882 bits per heavy atom. The van der Waals surface area contributed by atoms with Crippen molar-refractivity contribution < 1.29 is 4.39 Å². The first-order chi connectivity index (χ1) is 8.06. The van der Waals surface area contributed by atoms with E-state index < -0.39 is 0 Å². The van der Waals surface area contributed by atoms with Crippen molar-refractivity contribution in [2.24, 2.45) is 0 Å². The third kappa shape index (κ3) is 2.89. The highest BCUT2D eigenvalue weighted by Gasteiger charge is 2.05. The molecule has 0 aliphatic rings. The van der Waals surface area contributed by atoms with Crippen molar-refractivity contribution in [3.8, 4) is 0 Å². The standard InChI is InChI=1S/C15H15FS/c1-10-8-11(2)15(12(3)9-10)17-14-6-4-13(16)5-7-14/h4-9H,1-3H3. The van der Waals surface area contributed by atoms with Gasteiger partial charge in [0.05, 0.1) is 0 Å². The van der Waals surface area contributed by atoms with Gasteiger partial charge < -0.3 is 0 Å². The summed E-state index contributed by atoms with van der Waals surface area (Å²) in [6, 6.07) is 11.0. The smallest absolute Gasteiger partial charge is 0.123 e. The Bertz CT molecular complexity index is 506. The van der Waals surface area contributed by atoms with Crippen LogP contribution in [0.1, 0.15) is 16.7 Å². The largest absolute Gasteiger partial charge is 0.207 e. The Morgan fingerprint density at radius 2 is 1.41 bits per heavy atom. The molecule has 0 aliphatic carbocycles. The van der Waals surface area contributed by atoms with Gasteiger partial charge in [0, 0.05) is 9.79 Å². The van der Waals surface area contributed by atoms with Crippen LogP contribution < -0.4 is 0 Å². The van der Waals surface area contributed by atoms with Crippen LogP contribution in [0.15, 0.2) is 46.2 Å². The molecule has 88 valence electrons. The first-order valence-corrected chi connectivity index (χ1v) is 6.39. The Labute approximate surface area is 106 Å². The summed E-state index contributed by atoms with van der Waals surface area (Å²) in [5, 5.41) is 0. The summed E-state index contributed by atoms with van der Waals surface area (Å²) >= 11 is 1.69. The van der Waals surface area contributed by atoms with E-state index in [1.807, 2.05) is 12.1 Å². The summed E-state index contributed by atoms with van der Waals surface area (Å²) in [6.45, 7) is 6.34. The molecule has 0 radical (unpaired) electrons. The second-order valence-electron chi connectivity index (χ2n) is 4.28. The molecule has 0 aromatic heterocycles. The molecule has 2 aromatic carbocycles. The van der Waals surface area contributed by atoms with Gasteiger partial charge >= 0.3 is 0 Å². The van der Waals surface area contributed by atoms with Crippen LogP contribution in [0.25, 0.3) is 0 Å². The van der Waals surface area contributed by atoms with Crippen molar-refractivity contribution in [3.05, 3.63) is 58.9 Å². The van der Waals surface area contributed by atoms with Crippen LogP contribution in [-0.2, 0) is 0 Å². The molecule has 17 heavy (non-hydrogen) atoms. The number of aryl methyl sites for hydroxylation is 3. The van der Waals surface area contributed by atoms with E-state index in [1.54, 1.807) is 11.8 Å². The fourth-order valence-corrected chi connectivity index (χ4v) is 2.90. The fourth-order valence-electron chi connectivity index (χ4n) is 1.95. The number of benzene rings is 2. The Morgan fingerprint density at radius 3 is 1.94 bits per heavy atom. The molecule has 0 nitrogen and oxygen atoms in total. The van der Waals surface area contributed by atoms with Gasteiger partial charge in [-0.25, -0.2) is 4.39 Å². The van der Waals surface area contributed by atoms with Gasteiger partial charge in [0.1, 0.15) is 5.82 Å². The van der Waals surface area contributed by atoms with E-state index in [2.05, 4.69) is 32.9 Å². The Hall–Kier alpha value is -1.28. The monoisotopic (exact) mass is 246 g/mol. The van der Waals surface area contributed by atoms with E-state index >= 15 is 0 Å². The average molecular weight is 246 g/mol. The average Bonchev–Trinajstić information content (AvgIpc) is 2.26. The highest BCUT2D eigenvalue weighted by Crippen LogP contribution is 2.33. The molecule has 2 heteroatoms. The van der Waals surface area contributed by atoms with Gasteiger partial charge in [-0.3, -0.25) is 0 Å². The number of hydrogen-bond acceptors (Lipinski definition) is 1. The summed E-state index contributed by atoms with van der Waals surface area (Å²) in [6.07, 6.45) is 0. The van der Waals surface area contributed by atoms with Crippen LogP contribution in [0, 0.1) is 26.6 Å². The molecule has 2 rings (SSSR count). The molecule has 0 aliphatic heterocycles. The molecule has 2 aromatic rings. The number of hydrogen-bond donors (Lipinski definition) is 0. The zero-order chi connectivity index (χ0) is 12.4. The molecule has 0 heterocycles. The third-order valence-corrected chi connectivity index (χ3v) is 3.99. The second kappa shape index (κ2) is 4.92. The first-order valence-electron chi connectivity index (χ1n) is 5.57. The van der Waals surface area contributed by atoms with E-state index in [0.29, 0.717) is 0 Å². The zero-order valence-electron chi connectivity index (χ0n) is 10.3. The highest BCUT2D eigenvalue weighted by molar-refractivity contribution is 7.99. The first kappa shape index (κ1) is 12.2. The van der Waals surface area contributed by atoms with Crippen LogP contribution in [0.4, 0.5) is 4.39 Å². The Balaban J connectivity index is 2.33. The molecular weight excluding hydrogens is 231 g/mol. The molecule has 0 atom stereocenters. The summed E-state index contributed by atoms with van der Waals surface area (Å²) in [5.41, 5.74) is 3.83. The van der Waals surface area contributed by atoms with Crippen LogP contribution in [0.5, 0.6) is 0 Å². The maximum Gasteiger partial charge on any atom is 0.123 e. The summed E-state index contributed by atoms with van der Waals surface area (Å²) in [4.78, 5) is 2.34. The van der Waals surface area contributed by atoms with Crippen molar-refractivity contribution in [3.63, 3.8) is 0 Å². The Kier molecular flexibility index (Phi) is 3.53. The van der Waals surface area contributed by atoms with Gasteiger partial charge in [0.15, 0.2) is 0 Å². The van der Waals surface area contributed by atoms with Gasteiger partial charge in [-0.2, -0.15) is 0 Å². The lowest BCUT2D eigenvalue weighted by Crippen LogP contribution is -1.87. The van der Waals surface area contributed by atoms with E-state index in [-0.39, 0.29) is 5.82 Å². The molecule has 0 saturated heterocycles. The molecule has 0 saturated carbocycles. The van der Waals surface area contributed by atoms with Crippen LogP contribution in [-0.4, -0.2) is 0 Å². The predicted molar refractivity (Wildman–Crippen MR) is 71.2 cm³/mol. The van der Waals surface area contributed by atoms with Gasteiger partial charge in [-0.1, -0.05) is 29.5 Å². The molecule has 0 bridgehead atoms. The molecule has 0 spiro atoms. The normalized spacial score (nSPS) is 10.6. The minimum atomic E-state index is -0.188. The van der Waals surface area contributed by atoms with Crippen molar-refractivity contribution in [1.29, 1.82) is 0 Å². The topological polar surface area (TPSA) is 0 Å². The van der Waals surface area contributed by atoms with Gasteiger partial charge in [-0.05, 0) is 56.2 Å². The quantitative estimate of drug-likeness (QED) is 0.726. The highest BCUT2D eigenvalue weighted by atomic mass is 32.2. The van der Waals surface area contributed by atoms with E-state index in [1.165, 1.54) is 33.7 Å². The van der Waals surface area contributed by atoms with Crippen LogP contribution in [0.3, 0.4) is 0 Å². The SMILES string of the molecule is Cc1cc(C)c(Sc2ccc(F)cc2)c(C)c1. The molecule has 0 amide bonds. The lowest BCUT2D eigenvalue weighted by Gasteiger charge is -2.10. The summed E-state index contributed by atoms with van der Waals surface area (Å²) in [5.74, 6) is -0.188. The predicted octanol–water partition coefficient (Wildman–Crippen LogP) is 4.90. The minimum absolute atomic E-state index is 0.188. The number of halogens is 1. The van der Waals surface area contributed by atoms with Crippen molar-refractivity contribution in [1.82, 2.24) is 0 Å². The van der Waals surface area contributed by atoms with Gasteiger partial charge in [0.2, 0.25) is 0 Å². The molecular formula is C15H15FS. The lowest BCUT2D eigenvalue weighted by atomic mass is 10.1. The van der Waals surface area contributed by atoms with Crippen molar-refractivity contribution in [2.75, 3.05) is 0 Å². The van der Waals surface area contributed by atoms with E-state index in [0.717, 1.165) is 4.90 Å². The molecule has 0 N–H and O–H groups in total. The third-order valence-electron chi connectivity index (χ3n) is 2.64. The fraction of sp³-hybridized carbons (Fsp3) is 0.200. The van der Waals surface area contributed by atoms with Gasteiger partial charge in [0.25, 0.3) is 0 Å². The summed E-state index contributed by atoms with van der Waals surface area (Å²) < 4.78 is 12.8. The van der Waals surface area contributed by atoms with E-state index in [9.17, 15) is 4.39 Å². The van der Waals surface area contributed by atoms with Crippen molar-refractivity contribution >= 4 is 11.8 Å². The lowest BCUT2D eigenvalue weighted by molar-refractivity contribution is 0.626. The maximum atomic E-state index is 12.8. The van der Waals surface area contributed by atoms with E-state index in [4.69, 9.17) is 0 Å². The molecule has 0 fully saturated rings.